The van der Waals surface area contributed by atoms with Crippen molar-refractivity contribution in [3.63, 3.8) is 0 Å². The Morgan fingerprint density at radius 3 is 3.04 bits per heavy atom. The summed E-state index contributed by atoms with van der Waals surface area (Å²) in [4.78, 5) is 25.2. The molecule has 9 heteroatoms. The summed E-state index contributed by atoms with van der Waals surface area (Å²) < 4.78 is 7.49. The van der Waals surface area contributed by atoms with Crippen molar-refractivity contribution in [2.75, 3.05) is 43.6 Å². The highest BCUT2D eigenvalue weighted by molar-refractivity contribution is 5.94. The quantitative estimate of drug-likeness (QED) is 0.760. The van der Waals surface area contributed by atoms with Crippen molar-refractivity contribution < 1.29 is 14.6 Å². The molecule has 9 nitrogen and oxygen atoms in total. The number of carbonyl (C=O) groups is 1. The lowest BCUT2D eigenvalue weighted by Crippen LogP contribution is -2.40. The molecule has 0 spiro atoms. The van der Waals surface area contributed by atoms with Crippen LogP contribution in [0.2, 0.25) is 0 Å². The number of nitrogens with zero attached hydrogens (tertiary/aromatic N) is 5. The molecule has 150 valence electrons. The van der Waals surface area contributed by atoms with Crippen molar-refractivity contribution in [1.82, 2.24) is 19.9 Å². The SMILES string of the molecule is CN(C)c1cc(N2C[C@H](O)C[C@@H]2CNC(=O)c2cc3n(c2)CCOC3)ncn1. The second-order valence-corrected chi connectivity index (χ2v) is 7.50. The minimum atomic E-state index is -0.446. The Bertz CT molecular complexity index is 828. The third kappa shape index (κ3) is 3.81. The van der Waals surface area contributed by atoms with Crippen LogP contribution in [0, 0.1) is 0 Å². The number of aliphatic hydroxyl groups is 1. The number of amides is 1. The lowest BCUT2D eigenvalue weighted by molar-refractivity contribution is 0.0850. The molecule has 4 heterocycles. The number of hydrogen-bond acceptors (Lipinski definition) is 7. The van der Waals surface area contributed by atoms with E-state index in [1.807, 2.05) is 42.2 Å². The number of aliphatic hydroxyl groups excluding tert-OH is 1. The third-order valence-corrected chi connectivity index (χ3v) is 5.26. The van der Waals surface area contributed by atoms with Gasteiger partial charge in [0.05, 0.1) is 30.9 Å². The number of nitrogens with one attached hydrogen (secondary N) is 1. The van der Waals surface area contributed by atoms with E-state index in [4.69, 9.17) is 4.74 Å². The summed E-state index contributed by atoms with van der Waals surface area (Å²) in [7, 11) is 3.84. The summed E-state index contributed by atoms with van der Waals surface area (Å²) in [5.41, 5.74) is 1.66. The summed E-state index contributed by atoms with van der Waals surface area (Å²) in [6.07, 6.45) is 3.54. The maximum atomic E-state index is 12.6. The van der Waals surface area contributed by atoms with E-state index >= 15 is 0 Å². The Kier molecular flexibility index (Phi) is 5.19. The van der Waals surface area contributed by atoms with Crippen molar-refractivity contribution in [2.45, 2.75) is 31.7 Å². The molecule has 0 aliphatic carbocycles. The highest BCUT2D eigenvalue weighted by atomic mass is 16.5. The molecule has 1 saturated heterocycles. The third-order valence-electron chi connectivity index (χ3n) is 5.26. The molecule has 2 atom stereocenters. The van der Waals surface area contributed by atoms with E-state index in [0.717, 1.165) is 23.9 Å². The van der Waals surface area contributed by atoms with Crippen LogP contribution in [0.5, 0.6) is 0 Å². The zero-order chi connectivity index (χ0) is 19.7. The normalized spacial score (nSPS) is 21.5. The van der Waals surface area contributed by atoms with Crippen LogP contribution < -0.4 is 15.1 Å². The van der Waals surface area contributed by atoms with Crippen LogP contribution in [0.1, 0.15) is 22.5 Å². The first-order valence-electron chi connectivity index (χ1n) is 9.50. The first-order chi connectivity index (χ1) is 13.5. The van der Waals surface area contributed by atoms with Gasteiger partial charge in [0.2, 0.25) is 0 Å². The van der Waals surface area contributed by atoms with E-state index in [1.54, 1.807) is 0 Å². The first-order valence-corrected chi connectivity index (χ1v) is 9.50. The largest absolute Gasteiger partial charge is 0.391 e. The summed E-state index contributed by atoms with van der Waals surface area (Å²) in [6, 6.07) is 3.75. The summed E-state index contributed by atoms with van der Waals surface area (Å²) >= 11 is 0. The molecule has 0 aromatic carbocycles. The zero-order valence-electron chi connectivity index (χ0n) is 16.2. The molecule has 2 N–H and O–H groups in total. The predicted molar refractivity (Wildman–Crippen MR) is 105 cm³/mol. The molecule has 28 heavy (non-hydrogen) atoms. The molecule has 0 saturated carbocycles. The number of carbonyl (C=O) groups excluding carboxylic acids is 1. The van der Waals surface area contributed by atoms with Gasteiger partial charge >= 0.3 is 0 Å². The van der Waals surface area contributed by atoms with Crippen molar-refractivity contribution in [3.05, 3.63) is 35.9 Å². The Labute approximate surface area is 163 Å². The van der Waals surface area contributed by atoms with Gasteiger partial charge in [0.15, 0.2) is 0 Å². The van der Waals surface area contributed by atoms with E-state index in [-0.39, 0.29) is 11.9 Å². The standard InChI is InChI=1S/C19H26N6O3/c1-23(2)17-7-18(22-12-21-17)25-10-16(26)6-14(25)8-20-19(27)13-5-15-11-28-4-3-24(15)9-13/h5,7,9,12,14,16,26H,3-4,6,8,10-11H2,1-2H3,(H,20,27)/t14-,16-/m1/s1. The molecule has 0 bridgehead atoms. The molecule has 2 aromatic heterocycles. The Morgan fingerprint density at radius 2 is 2.25 bits per heavy atom. The van der Waals surface area contributed by atoms with Gasteiger partial charge in [-0.3, -0.25) is 4.79 Å². The number of anilines is 2. The van der Waals surface area contributed by atoms with Gasteiger partial charge in [0.1, 0.15) is 18.0 Å². The number of β-amino-alcohol motifs (C(OH)–C–C–N with tert-alkyl or cyclic N) is 1. The fourth-order valence-electron chi connectivity index (χ4n) is 3.76. The van der Waals surface area contributed by atoms with E-state index in [0.29, 0.717) is 38.3 Å². The molecular weight excluding hydrogens is 360 g/mol. The number of fused-ring (bicyclic) bond motifs is 1. The maximum absolute atomic E-state index is 12.6. The van der Waals surface area contributed by atoms with Crippen molar-refractivity contribution in [2.24, 2.45) is 0 Å². The van der Waals surface area contributed by atoms with Gasteiger partial charge in [-0.1, -0.05) is 0 Å². The average molecular weight is 386 g/mol. The second-order valence-electron chi connectivity index (χ2n) is 7.50. The number of ether oxygens (including phenoxy) is 1. The Hall–Kier alpha value is -2.65. The maximum Gasteiger partial charge on any atom is 0.252 e. The van der Waals surface area contributed by atoms with Gasteiger partial charge in [-0.05, 0) is 12.5 Å². The van der Waals surface area contributed by atoms with E-state index < -0.39 is 6.10 Å². The van der Waals surface area contributed by atoms with Gasteiger partial charge in [-0.2, -0.15) is 0 Å². The molecule has 2 aliphatic heterocycles. The highest BCUT2D eigenvalue weighted by Crippen LogP contribution is 2.25. The number of aromatic nitrogens is 3. The minimum Gasteiger partial charge on any atom is -0.391 e. The van der Waals surface area contributed by atoms with Gasteiger partial charge in [0.25, 0.3) is 5.91 Å². The summed E-state index contributed by atoms with van der Waals surface area (Å²) in [5.74, 6) is 1.45. The fraction of sp³-hybridized carbons (Fsp3) is 0.526. The van der Waals surface area contributed by atoms with Crippen LogP contribution in [-0.2, 0) is 17.9 Å². The van der Waals surface area contributed by atoms with Crippen LogP contribution >= 0.6 is 0 Å². The molecular formula is C19H26N6O3. The smallest absolute Gasteiger partial charge is 0.252 e. The van der Waals surface area contributed by atoms with E-state index in [1.165, 1.54) is 6.33 Å². The van der Waals surface area contributed by atoms with Crippen molar-refractivity contribution in [1.29, 1.82) is 0 Å². The van der Waals surface area contributed by atoms with Crippen molar-refractivity contribution >= 4 is 17.5 Å². The Balaban J connectivity index is 1.43. The van der Waals surface area contributed by atoms with Crippen LogP contribution in [0.4, 0.5) is 11.6 Å². The van der Waals surface area contributed by atoms with Gasteiger partial charge < -0.3 is 29.5 Å². The zero-order valence-corrected chi connectivity index (χ0v) is 16.2. The molecule has 1 fully saturated rings. The topological polar surface area (TPSA) is 95.8 Å². The Morgan fingerprint density at radius 1 is 1.39 bits per heavy atom. The average Bonchev–Trinajstić information content (AvgIpc) is 3.29. The van der Waals surface area contributed by atoms with Crippen molar-refractivity contribution in [3.8, 4) is 0 Å². The summed E-state index contributed by atoms with van der Waals surface area (Å²) in [5, 5.41) is 13.2. The minimum absolute atomic E-state index is 0.0237. The first kappa shape index (κ1) is 18.7. The lowest BCUT2D eigenvalue weighted by Gasteiger charge is -2.26. The van der Waals surface area contributed by atoms with E-state index in [2.05, 4.69) is 19.9 Å². The second kappa shape index (κ2) is 7.76. The molecule has 0 unspecified atom stereocenters. The van der Waals surface area contributed by atoms with Crippen LogP contribution in [0.3, 0.4) is 0 Å². The molecule has 2 aromatic rings. The van der Waals surface area contributed by atoms with Gasteiger partial charge in [-0.25, -0.2) is 9.97 Å². The predicted octanol–water partition coefficient (Wildman–Crippen LogP) is 0.244. The molecule has 4 rings (SSSR count). The van der Waals surface area contributed by atoms with Gasteiger partial charge in [0, 0.05) is 51.7 Å². The molecule has 2 aliphatic rings. The monoisotopic (exact) mass is 386 g/mol. The molecule has 1 amide bonds. The lowest BCUT2D eigenvalue weighted by atomic mass is 10.2. The fourth-order valence-corrected chi connectivity index (χ4v) is 3.76. The van der Waals surface area contributed by atoms with Gasteiger partial charge in [-0.15, -0.1) is 0 Å². The molecule has 0 radical (unpaired) electrons. The van der Waals surface area contributed by atoms with Crippen LogP contribution in [0.15, 0.2) is 24.7 Å². The number of hydrogen-bond donors (Lipinski definition) is 2. The number of rotatable bonds is 5. The summed E-state index contributed by atoms with van der Waals surface area (Å²) in [6.45, 7) is 2.91. The van der Waals surface area contributed by atoms with E-state index in [9.17, 15) is 9.90 Å². The van der Waals surface area contributed by atoms with Crippen LogP contribution in [0.25, 0.3) is 0 Å². The highest BCUT2D eigenvalue weighted by Gasteiger charge is 2.32. The van der Waals surface area contributed by atoms with Crippen LogP contribution in [-0.4, -0.2) is 71.5 Å².